The van der Waals surface area contributed by atoms with Crippen molar-refractivity contribution in [2.75, 3.05) is 12.9 Å². The van der Waals surface area contributed by atoms with Crippen LogP contribution in [0.15, 0.2) is 115 Å². The topological polar surface area (TPSA) is 63.6 Å². The highest BCUT2D eigenvalue weighted by Gasteiger charge is 2.36. The molecule has 0 aromatic heterocycles. The molecule has 1 unspecified atom stereocenters. The highest BCUT2D eigenvalue weighted by atomic mass is 32.2. The van der Waals surface area contributed by atoms with Crippen LogP contribution in [0.5, 0.6) is 0 Å². The number of carboxylic acids is 1. The second-order valence-electron chi connectivity index (χ2n) is 9.20. The smallest absolute Gasteiger partial charge is 0.337 e. The zero-order chi connectivity index (χ0) is 26.8. The van der Waals surface area contributed by atoms with Crippen LogP contribution >= 0.6 is 11.8 Å². The Hall–Kier alpha value is -3.83. The minimum atomic E-state index is -0.820. The Morgan fingerprint density at radius 1 is 0.789 bits per heavy atom. The number of aliphatic carboxylic acids is 1. The number of ether oxygens (including phenoxy) is 1. The van der Waals surface area contributed by atoms with Gasteiger partial charge in [0.2, 0.25) is 0 Å². The molecule has 0 spiro atoms. The van der Waals surface area contributed by atoms with E-state index in [1.54, 1.807) is 18.2 Å². The molecule has 0 heterocycles. The maximum absolute atomic E-state index is 12.1. The summed E-state index contributed by atoms with van der Waals surface area (Å²) < 4.78 is 4.39. The molecule has 4 rings (SSSR count). The van der Waals surface area contributed by atoms with E-state index in [0.29, 0.717) is 18.4 Å². The first-order chi connectivity index (χ1) is 18.5. The maximum Gasteiger partial charge on any atom is 0.337 e. The summed E-state index contributed by atoms with van der Waals surface area (Å²) in [6.07, 6.45) is 1.65. The largest absolute Gasteiger partial charge is 0.481 e. The lowest BCUT2D eigenvalue weighted by Gasteiger charge is -2.35. The van der Waals surface area contributed by atoms with Crippen LogP contribution in [0.1, 0.15) is 45.5 Å². The fraction of sp³-hybridized carbons (Fsp3) is 0.212. The third-order valence-corrected chi connectivity index (χ3v) is 8.37. The average molecular weight is 525 g/mol. The van der Waals surface area contributed by atoms with Crippen molar-refractivity contribution in [2.24, 2.45) is 5.92 Å². The van der Waals surface area contributed by atoms with Gasteiger partial charge in [0.05, 0.1) is 23.3 Å². The van der Waals surface area contributed by atoms with E-state index >= 15 is 0 Å². The highest BCUT2D eigenvalue weighted by molar-refractivity contribution is 8.00. The molecule has 194 valence electrons. The van der Waals surface area contributed by atoms with Crippen LogP contribution in [-0.2, 0) is 20.7 Å². The van der Waals surface area contributed by atoms with Gasteiger partial charge in [-0.3, -0.25) is 4.79 Å². The van der Waals surface area contributed by atoms with E-state index in [9.17, 15) is 14.7 Å². The van der Waals surface area contributed by atoms with Crippen molar-refractivity contribution >= 4 is 23.7 Å². The summed E-state index contributed by atoms with van der Waals surface area (Å²) in [6, 6.07) is 38.5. The SMILES string of the molecule is COC(=O)c1cccc(CC(CCCSC(c2ccccc2)(c2ccccc2)c2ccccc2)C(=O)O)c1. The molecule has 0 saturated carbocycles. The maximum atomic E-state index is 12.1. The van der Waals surface area contributed by atoms with Crippen molar-refractivity contribution < 1.29 is 19.4 Å². The minimum Gasteiger partial charge on any atom is -0.481 e. The van der Waals surface area contributed by atoms with Crippen molar-refractivity contribution in [2.45, 2.75) is 24.0 Å². The van der Waals surface area contributed by atoms with Gasteiger partial charge in [-0.15, -0.1) is 11.8 Å². The molecular weight excluding hydrogens is 492 g/mol. The van der Waals surface area contributed by atoms with Crippen LogP contribution < -0.4 is 0 Å². The van der Waals surface area contributed by atoms with Crippen molar-refractivity contribution in [3.05, 3.63) is 143 Å². The van der Waals surface area contributed by atoms with Crippen LogP contribution in [0.4, 0.5) is 0 Å². The Balaban J connectivity index is 1.55. The fourth-order valence-electron chi connectivity index (χ4n) is 4.86. The molecule has 0 radical (unpaired) electrons. The molecule has 1 N–H and O–H groups in total. The number of hydrogen-bond acceptors (Lipinski definition) is 4. The van der Waals surface area contributed by atoms with Crippen molar-refractivity contribution in [1.29, 1.82) is 0 Å². The Morgan fingerprint density at radius 2 is 1.32 bits per heavy atom. The summed E-state index contributed by atoms with van der Waals surface area (Å²) >= 11 is 1.84. The van der Waals surface area contributed by atoms with Crippen molar-refractivity contribution in [3.8, 4) is 0 Å². The van der Waals surface area contributed by atoms with Gasteiger partial charge in [0.15, 0.2) is 0 Å². The quantitative estimate of drug-likeness (QED) is 0.120. The first-order valence-corrected chi connectivity index (χ1v) is 13.7. The first kappa shape index (κ1) is 27.2. The molecule has 4 aromatic carbocycles. The third-order valence-electron chi connectivity index (χ3n) is 6.74. The zero-order valence-electron chi connectivity index (χ0n) is 21.5. The number of esters is 1. The summed E-state index contributed by atoms with van der Waals surface area (Å²) in [4.78, 5) is 24.0. The zero-order valence-corrected chi connectivity index (χ0v) is 22.3. The van der Waals surface area contributed by atoms with Gasteiger partial charge in [0.25, 0.3) is 0 Å². The second kappa shape index (κ2) is 13.1. The lowest BCUT2D eigenvalue weighted by atomic mass is 9.84. The lowest BCUT2D eigenvalue weighted by Crippen LogP contribution is -2.26. The number of hydrogen-bond donors (Lipinski definition) is 1. The summed E-state index contributed by atoms with van der Waals surface area (Å²) in [5.41, 5.74) is 4.83. The van der Waals surface area contributed by atoms with Gasteiger partial charge >= 0.3 is 11.9 Å². The molecule has 1 atom stereocenters. The summed E-state index contributed by atoms with van der Waals surface area (Å²) in [5, 5.41) is 9.95. The van der Waals surface area contributed by atoms with E-state index in [0.717, 1.165) is 17.7 Å². The molecule has 0 aliphatic heterocycles. The molecule has 0 saturated heterocycles. The van der Waals surface area contributed by atoms with Crippen LogP contribution in [0.3, 0.4) is 0 Å². The third kappa shape index (κ3) is 6.35. The second-order valence-corrected chi connectivity index (χ2v) is 10.5. The van der Waals surface area contributed by atoms with Gasteiger partial charge in [-0.2, -0.15) is 0 Å². The standard InChI is InChI=1S/C33H32O4S/c1-37-32(36)27-14-11-13-25(24-27)23-26(31(34)35)15-12-22-38-33(28-16-5-2-6-17-28,29-18-7-3-8-19-29)30-20-9-4-10-21-30/h2-11,13-14,16-21,24,26H,12,15,22-23H2,1H3,(H,34,35). The minimum absolute atomic E-state index is 0.367. The molecule has 4 aromatic rings. The van der Waals surface area contributed by atoms with Crippen LogP contribution in [0.25, 0.3) is 0 Å². The first-order valence-electron chi connectivity index (χ1n) is 12.7. The number of carbonyl (C=O) groups excluding carboxylic acids is 1. The van der Waals surface area contributed by atoms with Gasteiger partial charge in [0, 0.05) is 0 Å². The molecule has 38 heavy (non-hydrogen) atoms. The number of rotatable bonds is 12. The van der Waals surface area contributed by atoms with Crippen LogP contribution in [0.2, 0.25) is 0 Å². The molecule has 0 aliphatic carbocycles. The molecule has 0 amide bonds. The number of methoxy groups -OCH3 is 1. The van der Waals surface area contributed by atoms with E-state index in [1.807, 2.05) is 36.0 Å². The van der Waals surface area contributed by atoms with Crippen molar-refractivity contribution in [3.63, 3.8) is 0 Å². The van der Waals surface area contributed by atoms with E-state index in [-0.39, 0.29) is 0 Å². The summed E-state index contributed by atoms with van der Waals surface area (Å²) in [5.74, 6) is -0.999. The Kier molecular flexibility index (Phi) is 9.39. The van der Waals surface area contributed by atoms with Gasteiger partial charge in [-0.1, -0.05) is 103 Å². The normalized spacial score (nSPS) is 12.0. The van der Waals surface area contributed by atoms with Gasteiger partial charge in [0.1, 0.15) is 0 Å². The van der Waals surface area contributed by atoms with Crippen LogP contribution in [0, 0.1) is 5.92 Å². The number of carboxylic acid groups (broad SMARTS) is 1. The summed E-state index contributed by atoms with van der Waals surface area (Å²) in [6.45, 7) is 0. The lowest BCUT2D eigenvalue weighted by molar-refractivity contribution is -0.141. The molecule has 5 heteroatoms. The Labute approximate surface area is 228 Å². The van der Waals surface area contributed by atoms with Gasteiger partial charge in [-0.25, -0.2) is 4.79 Å². The molecular formula is C33H32O4S. The van der Waals surface area contributed by atoms with Gasteiger partial charge < -0.3 is 9.84 Å². The molecule has 0 aliphatic rings. The highest BCUT2D eigenvalue weighted by Crippen LogP contribution is 2.48. The summed E-state index contributed by atoms with van der Waals surface area (Å²) in [7, 11) is 1.34. The molecule has 0 fully saturated rings. The monoisotopic (exact) mass is 524 g/mol. The Morgan fingerprint density at radius 3 is 1.79 bits per heavy atom. The van der Waals surface area contributed by atoms with E-state index in [4.69, 9.17) is 4.74 Å². The van der Waals surface area contributed by atoms with Gasteiger partial charge in [-0.05, 0) is 59.4 Å². The number of thioether (sulfide) groups is 1. The van der Waals surface area contributed by atoms with Crippen molar-refractivity contribution in [1.82, 2.24) is 0 Å². The van der Waals surface area contributed by atoms with E-state index in [2.05, 4.69) is 72.8 Å². The van der Waals surface area contributed by atoms with Crippen LogP contribution in [-0.4, -0.2) is 29.9 Å². The van der Waals surface area contributed by atoms with E-state index in [1.165, 1.54) is 23.8 Å². The fourth-order valence-corrected chi connectivity index (χ4v) is 6.39. The number of benzene rings is 4. The molecule has 4 nitrogen and oxygen atoms in total. The average Bonchev–Trinajstić information content (AvgIpc) is 2.97. The van der Waals surface area contributed by atoms with E-state index < -0.39 is 22.6 Å². The predicted molar refractivity (Wildman–Crippen MR) is 154 cm³/mol. The Bertz CT molecular complexity index is 1230. The molecule has 0 bridgehead atoms. The number of carbonyl (C=O) groups is 2. The predicted octanol–water partition coefficient (Wildman–Crippen LogP) is 7.22.